The van der Waals surface area contributed by atoms with Crippen molar-refractivity contribution >= 4 is 37.9 Å². The van der Waals surface area contributed by atoms with E-state index in [0.717, 1.165) is 8.95 Å². The summed E-state index contributed by atoms with van der Waals surface area (Å²) in [6.07, 6.45) is 4.39. The molecular formula is C16H14Br2. The number of benzene rings is 2. The van der Waals surface area contributed by atoms with Gasteiger partial charge in [-0.25, -0.2) is 0 Å². The average Bonchev–Trinajstić information content (AvgIpc) is 2.38. The SMILES string of the molecule is CC(/C=C/c1ccc(Br)cc1)c1ccc(Br)cc1. The summed E-state index contributed by atoms with van der Waals surface area (Å²) in [5.74, 6) is 0.418. The first-order valence-corrected chi connectivity index (χ1v) is 7.43. The Morgan fingerprint density at radius 1 is 0.833 bits per heavy atom. The first-order chi connectivity index (χ1) is 8.65. The molecule has 0 aromatic heterocycles. The molecule has 18 heavy (non-hydrogen) atoms. The minimum atomic E-state index is 0.418. The maximum atomic E-state index is 3.45. The maximum Gasteiger partial charge on any atom is 0.0175 e. The number of rotatable bonds is 3. The molecule has 0 nitrogen and oxygen atoms in total. The molecule has 2 aromatic carbocycles. The van der Waals surface area contributed by atoms with Crippen molar-refractivity contribution < 1.29 is 0 Å². The molecule has 0 aliphatic rings. The van der Waals surface area contributed by atoms with Crippen LogP contribution in [0.4, 0.5) is 0 Å². The molecule has 0 spiro atoms. The van der Waals surface area contributed by atoms with Gasteiger partial charge in [0.1, 0.15) is 0 Å². The van der Waals surface area contributed by atoms with Crippen molar-refractivity contribution in [1.82, 2.24) is 0 Å². The molecular weight excluding hydrogens is 352 g/mol. The largest absolute Gasteiger partial charge is 0.0767 e. The zero-order valence-electron chi connectivity index (χ0n) is 10.1. The van der Waals surface area contributed by atoms with Crippen LogP contribution in [0.1, 0.15) is 24.0 Å². The van der Waals surface area contributed by atoms with Crippen LogP contribution in [0.3, 0.4) is 0 Å². The second-order valence-electron chi connectivity index (χ2n) is 4.25. The lowest BCUT2D eigenvalue weighted by Gasteiger charge is -2.06. The van der Waals surface area contributed by atoms with Crippen LogP contribution in [0, 0.1) is 0 Å². The van der Waals surface area contributed by atoms with E-state index in [4.69, 9.17) is 0 Å². The Hall–Kier alpha value is -0.860. The molecule has 0 fully saturated rings. The fourth-order valence-corrected chi connectivity index (χ4v) is 2.24. The minimum absolute atomic E-state index is 0.418. The van der Waals surface area contributed by atoms with E-state index in [1.807, 2.05) is 0 Å². The number of halogens is 2. The van der Waals surface area contributed by atoms with Gasteiger partial charge in [0, 0.05) is 8.95 Å². The molecule has 2 aromatic rings. The predicted molar refractivity (Wildman–Crippen MR) is 85.7 cm³/mol. The highest BCUT2D eigenvalue weighted by Crippen LogP contribution is 2.21. The van der Waals surface area contributed by atoms with Crippen molar-refractivity contribution in [3.8, 4) is 0 Å². The maximum absolute atomic E-state index is 3.45. The third-order valence-corrected chi connectivity index (χ3v) is 3.90. The van der Waals surface area contributed by atoms with Crippen LogP contribution >= 0.6 is 31.9 Å². The fraction of sp³-hybridized carbons (Fsp3) is 0.125. The summed E-state index contributed by atoms with van der Waals surface area (Å²) in [6, 6.07) is 16.8. The topological polar surface area (TPSA) is 0 Å². The summed E-state index contributed by atoms with van der Waals surface area (Å²) in [5.41, 5.74) is 2.55. The summed E-state index contributed by atoms with van der Waals surface area (Å²) < 4.78 is 2.23. The Bertz CT molecular complexity index is 524. The van der Waals surface area contributed by atoms with Crippen molar-refractivity contribution in [1.29, 1.82) is 0 Å². The van der Waals surface area contributed by atoms with Crippen LogP contribution in [0.5, 0.6) is 0 Å². The Kier molecular flexibility index (Phi) is 4.79. The van der Waals surface area contributed by atoms with E-state index in [1.54, 1.807) is 0 Å². The zero-order valence-corrected chi connectivity index (χ0v) is 13.3. The first-order valence-electron chi connectivity index (χ1n) is 5.84. The van der Waals surface area contributed by atoms with Gasteiger partial charge in [0.25, 0.3) is 0 Å². The van der Waals surface area contributed by atoms with Crippen molar-refractivity contribution in [2.45, 2.75) is 12.8 Å². The summed E-state index contributed by atoms with van der Waals surface area (Å²) in [6.45, 7) is 2.21. The van der Waals surface area contributed by atoms with Crippen LogP contribution in [0.15, 0.2) is 63.6 Å². The molecule has 0 aliphatic carbocycles. The summed E-state index contributed by atoms with van der Waals surface area (Å²) in [4.78, 5) is 0. The zero-order chi connectivity index (χ0) is 13.0. The molecule has 0 aliphatic heterocycles. The van der Waals surface area contributed by atoms with Crippen LogP contribution in [0.2, 0.25) is 0 Å². The third-order valence-electron chi connectivity index (χ3n) is 2.84. The molecule has 92 valence electrons. The second-order valence-corrected chi connectivity index (χ2v) is 6.08. The van der Waals surface area contributed by atoms with Crippen molar-refractivity contribution in [2.75, 3.05) is 0 Å². The highest BCUT2D eigenvalue weighted by Gasteiger charge is 2.00. The number of hydrogen-bond donors (Lipinski definition) is 0. The molecule has 0 heterocycles. The van der Waals surface area contributed by atoms with E-state index < -0.39 is 0 Å². The number of allylic oxidation sites excluding steroid dienone is 1. The van der Waals surface area contributed by atoms with Gasteiger partial charge in [0.05, 0.1) is 0 Å². The van der Waals surface area contributed by atoms with E-state index in [1.165, 1.54) is 11.1 Å². The third kappa shape index (κ3) is 3.82. The number of hydrogen-bond acceptors (Lipinski definition) is 0. The van der Waals surface area contributed by atoms with Gasteiger partial charge >= 0.3 is 0 Å². The Labute approximate surface area is 125 Å². The molecule has 0 saturated heterocycles. The summed E-state index contributed by atoms with van der Waals surface area (Å²) >= 11 is 6.89. The predicted octanol–water partition coefficient (Wildman–Crippen LogP) is 6.03. The lowest BCUT2D eigenvalue weighted by molar-refractivity contribution is 0.972. The molecule has 0 bridgehead atoms. The van der Waals surface area contributed by atoms with Gasteiger partial charge in [-0.2, -0.15) is 0 Å². The van der Waals surface area contributed by atoms with Crippen LogP contribution < -0.4 is 0 Å². The van der Waals surface area contributed by atoms with Gasteiger partial charge < -0.3 is 0 Å². The minimum Gasteiger partial charge on any atom is -0.0767 e. The van der Waals surface area contributed by atoms with Gasteiger partial charge in [-0.15, -0.1) is 0 Å². The molecule has 0 saturated carbocycles. The van der Waals surface area contributed by atoms with E-state index in [-0.39, 0.29) is 0 Å². The van der Waals surface area contributed by atoms with E-state index >= 15 is 0 Å². The van der Waals surface area contributed by atoms with Gasteiger partial charge in [-0.3, -0.25) is 0 Å². The lowest BCUT2D eigenvalue weighted by atomic mass is 10.00. The fourth-order valence-electron chi connectivity index (χ4n) is 1.71. The quantitative estimate of drug-likeness (QED) is 0.623. The van der Waals surface area contributed by atoms with E-state index in [9.17, 15) is 0 Å². The standard InChI is InChI=1S/C16H14Br2/c1-12(14-6-10-16(18)11-7-14)2-3-13-4-8-15(17)9-5-13/h2-12H,1H3/b3-2+. The highest BCUT2D eigenvalue weighted by molar-refractivity contribution is 9.10. The van der Waals surface area contributed by atoms with Gasteiger partial charge in [0.2, 0.25) is 0 Å². The molecule has 0 amide bonds. The lowest BCUT2D eigenvalue weighted by Crippen LogP contribution is -1.88. The van der Waals surface area contributed by atoms with Crippen molar-refractivity contribution in [3.63, 3.8) is 0 Å². The molecule has 1 unspecified atom stereocenters. The Morgan fingerprint density at radius 3 is 1.89 bits per heavy atom. The van der Waals surface area contributed by atoms with Crippen molar-refractivity contribution in [3.05, 3.63) is 74.7 Å². The van der Waals surface area contributed by atoms with Gasteiger partial charge in [-0.05, 0) is 41.3 Å². The molecule has 0 radical (unpaired) electrons. The first kappa shape index (κ1) is 13.6. The normalized spacial score (nSPS) is 12.8. The van der Waals surface area contributed by atoms with Gasteiger partial charge in [0.15, 0.2) is 0 Å². The monoisotopic (exact) mass is 364 g/mol. The average molecular weight is 366 g/mol. The Balaban J connectivity index is 2.08. The summed E-state index contributed by atoms with van der Waals surface area (Å²) in [5, 5.41) is 0. The highest BCUT2D eigenvalue weighted by atomic mass is 79.9. The molecule has 1 atom stereocenters. The smallest absolute Gasteiger partial charge is 0.0175 e. The molecule has 0 N–H and O–H groups in total. The van der Waals surface area contributed by atoms with Crippen LogP contribution in [-0.4, -0.2) is 0 Å². The van der Waals surface area contributed by atoms with Crippen LogP contribution in [-0.2, 0) is 0 Å². The van der Waals surface area contributed by atoms with E-state index in [2.05, 4.69) is 99.5 Å². The molecule has 2 rings (SSSR count). The van der Waals surface area contributed by atoms with Crippen LogP contribution in [0.25, 0.3) is 6.08 Å². The Morgan fingerprint density at radius 2 is 1.33 bits per heavy atom. The van der Waals surface area contributed by atoms with Gasteiger partial charge in [-0.1, -0.05) is 75.2 Å². The van der Waals surface area contributed by atoms with Crippen molar-refractivity contribution in [2.24, 2.45) is 0 Å². The second kappa shape index (κ2) is 6.35. The summed E-state index contributed by atoms with van der Waals surface area (Å²) in [7, 11) is 0. The van der Waals surface area contributed by atoms with E-state index in [0.29, 0.717) is 5.92 Å². The molecule has 2 heteroatoms.